The Morgan fingerprint density at radius 2 is 1.80 bits per heavy atom. The number of ether oxygens (including phenoxy) is 2. The summed E-state index contributed by atoms with van der Waals surface area (Å²) < 4.78 is 11.5. The number of benzene rings is 1. The van der Waals surface area contributed by atoms with E-state index in [0.29, 0.717) is 19.3 Å². The van der Waals surface area contributed by atoms with Gasteiger partial charge in [-0.2, -0.15) is 0 Å². The standard InChI is InChI=1S/C12H17NO2/c1-12(10-6-4-3-5-7-10)14-8-11(13-2)9-15-12/h3-7,11,13H,8-9H2,1-2H3. The Labute approximate surface area is 90.4 Å². The predicted octanol–water partition coefficient (Wildman–Crippen LogP) is 1.49. The fraction of sp³-hybridized carbons (Fsp3) is 0.500. The molecule has 0 aromatic heterocycles. The molecule has 1 saturated heterocycles. The zero-order valence-electron chi connectivity index (χ0n) is 9.19. The normalized spacial score (nSPS) is 31.5. The van der Waals surface area contributed by atoms with Gasteiger partial charge in [0.25, 0.3) is 0 Å². The van der Waals surface area contributed by atoms with Gasteiger partial charge < -0.3 is 14.8 Å². The highest BCUT2D eigenvalue weighted by Gasteiger charge is 2.34. The smallest absolute Gasteiger partial charge is 0.192 e. The summed E-state index contributed by atoms with van der Waals surface area (Å²) in [4.78, 5) is 0. The lowest BCUT2D eigenvalue weighted by Gasteiger charge is -2.37. The number of hydrogen-bond acceptors (Lipinski definition) is 3. The fourth-order valence-corrected chi connectivity index (χ4v) is 1.68. The maximum atomic E-state index is 5.77. The molecule has 1 aliphatic heterocycles. The Balaban J connectivity index is 2.10. The van der Waals surface area contributed by atoms with Crippen LogP contribution < -0.4 is 5.32 Å². The van der Waals surface area contributed by atoms with Crippen LogP contribution in [0.25, 0.3) is 0 Å². The second-order valence-electron chi connectivity index (χ2n) is 3.92. The van der Waals surface area contributed by atoms with Crippen molar-refractivity contribution in [2.45, 2.75) is 18.8 Å². The molecule has 82 valence electrons. The van der Waals surface area contributed by atoms with Crippen LogP contribution >= 0.6 is 0 Å². The minimum Gasteiger partial charge on any atom is -0.344 e. The summed E-state index contributed by atoms with van der Waals surface area (Å²) in [5.74, 6) is -0.589. The zero-order chi connectivity index (χ0) is 10.7. The van der Waals surface area contributed by atoms with Crippen LogP contribution in [0, 0.1) is 0 Å². The second-order valence-corrected chi connectivity index (χ2v) is 3.92. The molecule has 0 amide bonds. The predicted molar refractivity (Wildman–Crippen MR) is 58.5 cm³/mol. The highest BCUT2D eigenvalue weighted by molar-refractivity contribution is 5.19. The largest absolute Gasteiger partial charge is 0.344 e. The molecule has 3 heteroatoms. The van der Waals surface area contributed by atoms with Crippen LogP contribution in [-0.2, 0) is 15.3 Å². The van der Waals surface area contributed by atoms with Crippen LogP contribution in [-0.4, -0.2) is 26.3 Å². The topological polar surface area (TPSA) is 30.5 Å². The Hall–Kier alpha value is -0.900. The van der Waals surface area contributed by atoms with E-state index >= 15 is 0 Å². The first-order valence-corrected chi connectivity index (χ1v) is 5.25. The van der Waals surface area contributed by atoms with E-state index in [0.717, 1.165) is 5.56 Å². The molecule has 0 spiro atoms. The maximum absolute atomic E-state index is 5.77. The quantitative estimate of drug-likeness (QED) is 0.797. The first kappa shape index (κ1) is 10.6. The summed E-state index contributed by atoms with van der Waals surface area (Å²) in [6.07, 6.45) is 0. The molecular weight excluding hydrogens is 190 g/mol. The minimum atomic E-state index is -0.589. The van der Waals surface area contributed by atoms with Crippen LogP contribution in [0.4, 0.5) is 0 Å². The number of rotatable bonds is 2. The first-order chi connectivity index (χ1) is 7.24. The van der Waals surface area contributed by atoms with Crippen molar-refractivity contribution < 1.29 is 9.47 Å². The molecule has 2 rings (SSSR count). The lowest BCUT2D eigenvalue weighted by Crippen LogP contribution is -2.47. The van der Waals surface area contributed by atoms with Crippen LogP contribution in [0.5, 0.6) is 0 Å². The van der Waals surface area contributed by atoms with E-state index < -0.39 is 5.79 Å². The number of hydrogen-bond donors (Lipinski definition) is 1. The number of nitrogens with one attached hydrogen (secondary N) is 1. The van der Waals surface area contributed by atoms with Crippen molar-refractivity contribution in [1.82, 2.24) is 5.32 Å². The van der Waals surface area contributed by atoms with Gasteiger partial charge >= 0.3 is 0 Å². The third kappa shape index (κ3) is 2.20. The average molecular weight is 207 g/mol. The number of likely N-dealkylation sites (N-methyl/N-ethyl adjacent to an activating group) is 1. The molecule has 0 saturated carbocycles. The Bertz CT molecular complexity index is 305. The van der Waals surface area contributed by atoms with E-state index in [1.807, 2.05) is 44.3 Å². The van der Waals surface area contributed by atoms with Gasteiger partial charge in [-0.05, 0) is 14.0 Å². The van der Waals surface area contributed by atoms with Crippen LogP contribution in [0.1, 0.15) is 12.5 Å². The van der Waals surface area contributed by atoms with E-state index in [2.05, 4.69) is 5.32 Å². The van der Waals surface area contributed by atoms with Gasteiger partial charge in [-0.1, -0.05) is 30.3 Å². The summed E-state index contributed by atoms with van der Waals surface area (Å²) in [6.45, 7) is 3.33. The van der Waals surface area contributed by atoms with E-state index in [9.17, 15) is 0 Å². The molecule has 15 heavy (non-hydrogen) atoms. The molecule has 1 aromatic carbocycles. The van der Waals surface area contributed by atoms with Crippen molar-refractivity contribution in [1.29, 1.82) is 0 Å². The van der Waals surface area contributed by atoms with Crippen LogP contribution in [0.3, 0.4) is 0 Å². The van der Waals surface area contributed by atoms with Crippen molar-refractivity contribution >= 4 is 0 Å². The average Bonchev–Trinajstić information content (AvgIpc) is 2.31. The Morgan fingerprint density at radius 1 is 1.20 bits per heavy atom. The highest BCUT2D eigenvalue weighted by Crippen LogP contribution is 2.29. The lowest BCUT2D eigenvalue weighted by atomic mass is 10.1. The van der Waals surface area contributed by atoms with Gasteiger partial charge in [-0.25, -0.2) is 0 Å². The van der Waals surface area contributed by atoms with Gasteiger partial charge in [0.2, 0.25) is 0 Å². The Morgan fingerprint density at radius 3 is 2.33 bits per heavy atom. The van der Waals surface area contributed by atoms with Crippen molar-refractivity contribution in [2.75, 3.05) is 20.3 Å². The van der Waals surface area contributed by atoms with Gasteiger partial charge in [0.1, 0.15) is 0 Å². The summed E-state index contributed by atoms with van der Waals surface area (Å²) in [5.41, 5.74) is 1.07. The molecule has 0 bridgehead atoms. The van der Waals surface area contributed by atoms with E-state index in [1.54, 1.807) is 0 Å². The minimum absolute atomic E-state index is 0.293. The van der Waals surface area contributed by atoms with E-state index in [4.69, 9.17) is 9.47 Å². The van der Waals surface area contributed by atoms with Gasteiger partial charge in [0, 0.05) is 5.56 Å². The summed E-state index contributed by atoms with van der Waals surface area (Å²) in [6, 6.07) is 10.3. The summed E-state index contributed by atoms with van der Waals surface area (Å²) in [5, 5.41) is 3.14. The van der Waals surface area contributed by atoms with Gasteiger partial charge in [0.15, 0.2) is 5.79 Å². The molecule has 0 radical (unpaired) electrons. The molecule has 0 atom stereocenters. The molecule has 0 unspecified atom stereocenters. The molecule has 1 heterocycles. The van der Waals surface area contributed by atoms with Gasteiger partial charge in [-0.15, -0.1) is 0 Å². The molecule has 1 aromatic rings. The van der Waals surface area contributed by atoms with Gasteiger partial charge in [-0.3, -0.25) is 0 Å². The van der Waals surface area contributed by atoms with E-state index in [-0.39, 0.29) is 0 Å². The van der Waals surface area contributed by atoms with Crippen molar-refractivity contribution in [2.24, 2.45) is 0 Å². The maximum Gasteiger partial charge on any atom is 0.192 e. The second kappa shape index (κ2) is 4.31. The van der Waals surface area contributed by atoms with Crippen LogP contribution in [0.2, 0.25) is 0 Å². The molecule has 1 aliphatic rings. The van der Waals surface area contributed by atoms with Crippen molar-refractivity contribution in [3.63, 3.8) is 0 Å². The zero-order valence-corrected chi connectivity index (χ0v) is 9.19. The SMILES string of the molecule is CNC1COC(C)(c2ccccc2)OC1. The third-order valence-corrected chi connectivity index (χ3v) is 2.83. The van der Waals surface area contributed by atoms with Crippen molar-refractivity contribution in [3.8, 4) is 0 Å². The first-order valence-electron chi connectivity index (χ1n) is 5.25. The van der Waals surface area contributed by atoms with E-state index in [1.165, 1.54) is 0 Å². The molecule has 1 N–H and O–H groups in total. The monoisotopic (exact) mass is 207 g/mol. The molecule has 1 fully saturated rings. The molecule has 3 nitrogen and oxygen atoms in total. The Kier molecular flexibility index (Phi) is 3.05. The highest BCUT2D eigenvalue weighted by atomic mass is 16.7. The van der Waals surface area contributed by atoms with Crippen LogP contribution in [0.15, 0.2) is 30.3 Å². The molecular formula is C12H17NO2. The molecule has 0 aliphatic carbocycles. The van der Waals surface area contributed by atoms with Crippen molar-refractivity contribution in [3.05, 3.63) is 35.9 Å². The third-order valence-electron chi connectivity index (χ3n) is 2.83. The summed E-state index contributed by atoms with van der Waals surface area (Å²) >= 11 is 0. The van der Waals surface area contributed by atoms with Gasteiger partial charge in [0.05, 0.1) is 19.3 Å². The lowest BCUT2D eigenvalue weighted by molar-refractivity contribution is -0.272. The summed E-state index contributed by atoms with van der Waals surface area (Å²) in [7, 11) is 1.92. The fourth-order valence-electron chi connectivity index (χ4n) is 1.68.